The fourth-order valence-electron chi connectivity index (χ4n) is 3.43. The summed E-state index contributed by atoms with van der Waals surface area (Å²) in [4.78, 5) is 25.7. The normalized spacial score (nSPS) is 14.9. The maximum Gasteiger partial charge on any atom is 0.408 e. The van der Waals surface area contributed by atoms with Gasteiger partial charge in [0.25, 0.3) is 5.91 Å². The van der Waals surface area contributed by atoms with E-state index >= 15 is 0 Å². The van der Waals surface area contributed by atoms with E-state index in [0.717, 1.165) is 58.9 Å². The van der Waals surface area contributed by atoms with E-state index < -0.39 is 18.1 Å². The first-order chi connectivity index (χ1) is 16.2. The second-order valence-corrected chi connectivity index (χ2v) is 8.97. The van der Waals surface area contributed by atoms with Crippen LogP contribution in [-0.4, -0.2) is 46.4 Å². The summed E-state index contributed by atoms with van der Waals surface area (Å²) in [6.45, 7) is 2.91. The van der Waals surface area contributed by atoms with E-state index in [9.17, 15) is 18.0 Å². The van der Waals surface area contributed by atoms with Crippen molar-refractivity contribution in [3.05, 3.63) is 53.4 Å². The zero-order valence-electron chi connectivity index (χ0n) is 18.1. The van der Waals surface area contributed by atoms with Crippen LogP contribution in [0.25, 0.3) is 16.5 Å². The van der Waals surface area contributed by atoms with Gasteiger partial charge in [0, 0.05) is 23.7 Å². The lowest BCUT2D eigenvalue weighted by molar-refractivity contribution is -0.162. The second kappa shape index (κ2) is 8.31. The first-order valence-electron chi connectivity index (χ1n) is 10.4. The number of anilines is 1. The van der Waals surface area contributed by atoms with Crippen LogP contribution in [0.15, 0.2) is 36.5 Å². The average molecular weight is 488 g/mol. The number of alkyl halides is 3. The molecule has 0 saturated heterocycles. The van der Waals surface area contributed by atoms with Gasteiger partial charge in [0.2, 0.25) is 0 Å². The smallest absolute Gasteiger partial charge is 0.306 e. The molecule has 9 nitrogen and oxygen atoms in total. The van der Waals surface area contributed by atoms with Gasteiger partial charge in [-0.15, -0.1) is 21.5 Å². The number of aromatic nitrogens is 7. The summed E-state index contributed by atoms with van der Waals surface area (Å²) < 4.78 is 42.2. The van der Waals surface area contributed by atoms with Crippen LogP contribution < -0.4 is 5.32 Å². The largest absolute Gasteiger partial charge is 0.408 e. The van der Waals surface area contributed by atoms with Gasteiger partial charge in [-0.2, -0.15) is 13.2 Å². The summed E-state index contributed by atoms with van der Waals surface area (Å²) in [6.07, 6.45) is 4.12. The Morgan fingerprint density at radius 2 is 2.06 bits per heavy atom. The summed E-state index contributed by atoms with van der Waals surface area (Å²) in [6, 6.07) is -0.156. The van der Waals surface area contributed by atoms with Gasteiger partial charge in [-0.1, -0.05) is 0 Å². The zero-order valence-corrected chi connectivity index (χ0v) is 18.9. The Morgan fingerprint density at radius 1 is 1.26 bits per heavy atom. The van der Waals surface area contributed by atoms with Gasteiger partial charge in [0.05, 0.1) is 17.7 Å². The van der Waals surface area contributed by atoms with E-state index in [2.05, 4.69) is 30.5 Å². The highest BCUT2D eigenvalue weighted by Gasteiger charge is 2.39. The first kappa shape index (κ1) is 22.2. The standard InChI is InChI=1S/C21H19F3N8OS/c1-11-6-25-14(5-16(11)31-7-15(26-9-31)13-3-4-13)19(33)28-17-8-34-20(29-17)18-30-27-10-32(18)12(2)21(22,23)24/h5-10,12-13H,3-4H2,1-2H3,(H,28,33)/t12-/m0/s1. The summed E-state index contributed by atoms with van der Waals surface area (Å²) in [5.74, 6) is 0.167. The van der Waals surface area contributed by atoms with Crippen LogP contribution in [0.5, 0.6) is 0 Å². The van der Waals surface area contributed by atoms with Gasteiger partial charge in [0.15, 0.2) is 10.8 Å². The molecule has 1 fully saturated rings. The highest BCUT2D eigenvalue weighted by molar-refractivity contribution is 7.13. The van der Waals surface area contributed by atoms with E-state index in [1.54, 1.807) is 18.6 Å². The predicted molar refractivity (Wildman–Crippen MR) is 118 cm³/mol. The van der Waals surface area contributed by atoms with Gasteiger partial charge in [-0.25, -0.2) is 9.97 Å². The highest BCUT2D eigenvalue weighted by atomic mass is 32.1. The van der Waals surface area contributed by atoms with Gasteiger partial charge in [-0.3, -0.25) is 14.3 Å². The molecular formula is C21H19F3N8OS. The summed E-state index contributed by atoms with van der Waals surface area (Å²) in [7, 11) is 0. The molecule has 1 N–H and O–H groups in total. The third kappa shape index (κ3) is 4.30. The molecule has 0 bridgehead atoms. The molecule has 13 heteroatoms. The molecule has 1 aliphatic carbocycles. The van der Waals surface area contributed by atoms with Crippen LogP contribution in [0, 0.1) is 6.92 Å². The number of aryl methyl sites for hydroxylation is 1. The number of amides is 1. The number of carbonyl (C=O) groups excluding carboxylic acids is 1. The van der Waals surface area contributed by atoms with Crippen molar-refractivity contribution in [3.8, 4) is 16.5 Å². The number of carbonyl (C=O) groups is 1. The average Bonchev–Trinajstić information content (AvgIpc) is 3.18. The van der Waals surface area contributed by atoms with E-state index in [1.165, 1.54) is 5.38 Å². The first-order valence-corrected chi connectivity index (χ1v) is 11.3. The van der Waals surface area contributed by atoms with Gasteiger partial charge in [-0.05, 0) is 38.3 Å². The van der Waals surface area contributed by atoms with Crippen LogP contribution in [0.4, 0.5) is 19.0 Å². The Labute approximate surface area is 195 Å². The Morgan fingerprint density at radius 3 is 2.79 bits per heavy atom. The van der Waals surface area contributed by atoms with Crippen molar-refractivity contribution < 1.29 is 18.0 Å². The molecule has 1 aliphatic rings. The van der Waals surface area contributed by atoms with Crippen molar-refractivity contribution >= 4 is 23.1 Å². The molecule has 0 spiro atoms. The molecule has 1 atom stereocenters. The zero-order chi connectivity index (χ0) is 24.0. The molecule has 0 unspecified atom stereocenters. The van der Waals surface area contributed by atoms with Crippen LogP contribution in [0.2, 0.25) is 0 Å². The van der Waals surface area contributed by atoms with Crippen LogP contribution in [0.3, 0.4) is 0 Å². The molecule has 34 heavy (non-hydrogen) atoms. The number of nitrogens with zero attached hydrogens (tertiary/aromatic N) is 7. The second-order valence-electron chi connectivity index (χ2n) is 8.11. The molecule has 176 valence electrons. The Kier molecular flexibility index (Phi) is 5.42. The van der Waals surface area contributed by atoms with Crippen LogP contribution in [-0.2, 0) is 0 Å². The van der Waals surface area contributed by atoms with E-state index in [1.807, 2.05) is 17.7 Å². The van der Waals surface area contributed by atoms with Gasteiger partial charge >= 0.3 is 6.18 Å². The van der Waals surface area contributed by atoms with Crippen molar-refractivity contribution in [1.29, 1.82) is 0 Å². The molecule has 0 aliphatic heterocycles. The monoisotopic (exact) mass is 488 g/mol. The van der Waals surface area contributed by atoms with Crippen molar-refractivity contribution in [1.82, 2.24) is 34.3 Å². The lowest BCUT2D eigenvalue weighted by atomic mass is 10.2. The Balaban J connectivity index is 1.35. The maximum absolute atomic E-state index is 13.1. The fourth-order valence-corrected chi connectivity index (χ4v) is 4.16. The van der Waals surface area contributed by atoms with Crippen molar-refractivity contribution in [3.63, 3.8) is 0 Å². The van der Waals surface area contributed by atoms with E-state index in [-0.39, 0.29) is 22.3 Å². The molecule has 4 aromatic rings. The van der Waals surface area contributed by atoms with Gasteiger partial charge in [0.1, 0.15) is 23.9 Å². The molecule has 4 aromatic heterocycles. The number of pyridine rings is 1. The van der Waals surface area contributed by atoms with E-state index in [4.69, 9.17) is 0 Å². The molecule has 0 aromatic carbocycles. The molecule has 4 heterocycles. The number of hydrogen-bond donors (Lipinski definition) is 1. The maximum atomic E-state index is 13.1. The van der Waals surface area contributed by atoms with Crippen LogP contribution >= 0.6 is 11.3 Å². The predicted octanol–water partition coefficient (Wildman–Crippen LogP) is 4.54. The quantitative estimate of drug-likeness (QED) is 0.427. The molecule has 1 amide bonds. The van der Waals surface area contributed by atoms with Crippen molar-refractivity contribution in [2.45, 2.75) is 44.8 Å². The number of imidazole rings is 1. The molecule has 1 saturated carbocycles. The SMILES string of the molecule is Cc1cnc(C(=O)Nc2csc(-c3nncn3[C@@H](C)C(F)(F)F)n2)cc1-n1cnc(C2CC2)c1. The number of rotatable bonds is 6. The number of halogens is 3. The molecular weight excluding hydrogens is 469 g/mol. The Hall–Kier alpha value is -3.61. The molecule has 5 rings (SSSR count). The van der Waals surface area contributed by atoms with Crippen molar-refractivity contribution in [2.75, 3.05) is 5.32 Å². The topological polar surface area (TPSA) is 103 Å². The lowest BCUT2D eigenvalue weighted by Gasteiger charge is -2.17. The summed E-state index contributed by atoms with van der Waals surface area (Å²) in [5, 5.41) is 11.7. The number of hydrogen-bond acceptors (Lipinski definition) is 7. The third-order valence-electron chi connectivity index (χ3n) is 5.58. The summed E-state index contributed by atoms with van der Waals surface area (Å²) >= 11 is 1.05. The van der Waals surface area contributed by atoms with Crippen LogP contribution in [0.1, 0.15) is 53.5 Å². The van der Waals surface area contributed by atoms with Gasteiger partial charge < -0.3 is 9.88 Å². The minimum absolute atomic E-state index is 0.0300. The fraction of sp³-hybridized carbons (Fsp3) is 0.333. The lowest BCUT2D eigenvalue weighted by Crippen LogP contribution is -2.23. The highest BCUT2D eigenvalue weighted by Crippen LogP contribution is 2.39. The number of thiazole rings is 1. The van der Waals surface area contributed by atoms with E-state index in [0.29, 0.717) is 5.92 Å². The minimum Gasteiger partial charge on any atom is -0.306 e. The Bertz CT molecular complexity index is 1350. The minimum atomic E-state index is -4.46. The number of nitrogens with one attached hydrogen (secondary N) is 1. The summed E-state index contributed by atoms with van der Waals surface area (Å²) in [5.41, 5.74) is 2.87. The molecule has 0 radical (unpaired) electrons. The van der Waals surface area contributed by atoms with Crippen molar-refractivity contribution in [2.24, 2.45) is 0 Å². The third-order valence-corrected chi connectivity index (χ3v) is 6.42.